The third-order valence-electron chi connectivity index (χ3n) is 2.43. The van der Waals surface area contributed by atoms with Crippen LogP contribution in [0.5, 0.6) is 5.75 Å². The molecule has 0 amide bonds. The Kier molecular flexibility index (Phi) is 3.22. The van der Waals surface area contributed by atoms with Crippen LogP contribution in [0.1, 0.15) is 12.0 Å². The molecule has 0 aromatic heterocycles. The third-order valence-corrected chi connectivity index (χ3v) is 2.43. The number of aliphatic hydroxyl groups excluding tert-OH is 1. The molecule has 1 aliphatic rings. The molecular weight excluding hydrogens is 200 g/mol. The minimum Gasteiger partial charge on any atom is -0.508 e. The maximum absolute atomic E-state index is 9.42. The fourth-order valence-corrected chi connectivity index (χ4v) is 1.58. The van der Waals surface area contributed by atoms with E-state index in [0.29, 0.717) is 6.42 Å². The predicted molar refractivity (Wildman–Crippen MR) is 65.0 cm³/mol. The van der Waals surface area contributed by atoms with Gasteiger partial charge in [-0.25, -0.2) is 0 Å². The molecule has 0 bridgehead atoms. The van der Waals surface area contributed by atoms with Crippen LogP contribution in [-0.2, 0) is 0 Å². The number of allylic oxidation sites excluding steroid dienone is 3. The summed E-state index contributed by atoms with van der Waals surface area (Å²) >= 11 is 0. The Bertz CT molecular complexity index is 438. The Balaban J connectivity index is 2.09. The van der Waals surface area contributed by atoms with E-state index >= 15 is 0 Å². The number of aliphatic hydroxyl groups is 1. The number of phenols is 1. The molecule has 0 heterocycles. The van der Waals surface area contributed by atoms with Gasteiger partial charge in [-0.3, -0.25) is 0 Å². The number of aromatic hydroxyl groups is 1. The Morgan fingerprint density at radius 2 is 1.88 bits per heavy atom. The summed E-state index contributed by atoms with van der Waals surface area (Å²) in [6, 6.07) is 6.99. The van der Waals surface area contributed by atoms with Crippen molar-refractivity contribution >= 4 is 6.08 Å². The maximum Gasteiger partial charge on any atom is 0.115 e. The molecule has 0 aliphatic heterocycles. The number of hydrogen-bond acceptors (Lipinski definition) is 2. The van der Waals surface area contributed by atoms with Gasteiger partial charge in [0.1, 0.15) is 5.75 Å². The van der Waals surface area contributed by atoms with Gasteiger partial charge in [-0.05, 0) is 35.8 Å². The first-order valence-corrected chi connectivity index (χ1v) is 5.27. The van der Waals surface area contributed by atoms with Crippen LogP contribution in [0.4, 0.5) is 0 Å². The molecule has 2 heteroatoms. The standard InChI is InChI=1S/C14H14O2/c15-13-8-6-11(7-9-13)4-5-12-2-1-3-14(16)10-12/h1-2,4-10,14-16H,3H2/b5-4+. The molecule has 2 nitrogen and oxygen atoms in total. The van der Waals surface area contributed by atoms with Gasteiger partial charge in [-0.1, -0.05) is 36.4 Å². The van der Waals surface area contributed by atoms with Crippen molar-refractivity contribution in [3.63, 3.8) is 0 Å². The van der Waals surface area contributed by atoms with Crippen LogP contribution in [0.25, 0.3) is 6.08 Å². The van der Waals surface area contributed by atoms with Crippen molar-refractivity contribution < 1.29 is 10.2 Å². The van der Waals surface area contributed by atoms with Gasteiger partial charge < -0.3 is 10.2 Å². The van der Waals surface area contributed by atoms with Gasteiger partial charge in [0, 0.05) is 0 Å². The summed E-state index contributed by atoms with van der Waals surface area (Å²) in [5, 5.41) is 18.5. The molecule has 1 unspecified atom stereocenters. The first-order chi connectivity index (χ1) is 7.74. The number of phenolic OH excluding ortho intramolecular Hbond substituents is 1. The highest BCUT2D eigenvalue weighted by Gasteiger charge is 2.02. The average Bonchev–Trinajstić information content (AvgIpc) is 2.28. The second-order valence-corrected chi connectivity index (χ2v) is 3.80. The minimum atomic E-state index is -0.371. The van der Waals surface area contributed by atoms with E-state index in [1.54, 1.807) is 12.1 Å². The summed E-state index contributed by atoms with van der Waals surface area (Å²) in [7, 11) is 0. The molecule has 0 saturated carbocycles. The van der Waals surface area contributed by atoms with Crippen molar-refractivity contribution in [3.8, 4) is 5.75 Å². The number of rotatable bonds is 2. The minimum absolute atomic E-state index is 0.268. The highest BCUT2D eigenvalue weighted by molar-refractivity contribution is 5.56. The Morgan fingerprint density at radius 1 is 1.12 bits per heavy atom. The fraction of sp³-hybridized carbons (Fsp3) is 0.143. The van der Waals surface area contributed by atoms with E-state index in [-0.39, 0.29) is 11.9 Å². The summed E-state index contributed by atoms with van der Waals surface area (Å²) < 4.78 is 0. The molecule has 16 heavy (non-hydrogen) atoms. The molecular formula is C14H14O2. The zero-order chi connectivity index (χ0) is 11.4. The monoisotopic (exact) mass is 214 g/mol. The largest absolute Gasteiger partial charge is 0.508 e. The van der Waals surface area contributed by atoms with Crippen LogP contribution < -0.4 is 0 Å². The predicted octanol–water partition coefficient (Wildman–Crippen LogP) is 2.65. The highest BCUT2D eigenvalue weighted by atomic mass is 16.3. The van der Waals surface area contributed by atoms with Gasteiger partial charge in [0.2, 0.25) is 0 Å². The molecule has 2 N–H and O–H groups in total. The average molecular weight is 214 g/mol. The van der Waals surface area contributed by atoms with Crippen molar-refractivity contribution in [1.82, 2.24) is 0 Å². The van der Waals surface area contributed by atoms with Crippen LogP contribution in [0.15, 0.2) is 54.1 Å². The lowest BCUT2D eigenvalue weighted by molar-refractivity contribution is 0.225. The summed E-state index contributed by atoms with van der Waals surface area (Å²) in [5.74, 6) is 0.268. The summed E-state index contributed by atoms with van der Waals surface area (Å²) in [6.07, 6.45) is 10.0. The number of benzene rings is 1. The molecule has 0 radical (unpaired) electrons. The van der Waals surface area contributed by atoms with E-state index in [9.17, 15) is 5.11 Å². The van der Waals surface area contributed by atoms with Crippen LogP contribution in [0, 0.1) is 0 Å². The Morgan fingerprint density at radius 3 is 2.56 bits per heavy atom. The van der Waals surface area contributed by atoms with E-state index in [4.69, 9.17) is 5.11 Å². The topological polar surface area (TPSA) is 40.5 Å². The lowest BCUT2D eigenvalue weighted by Crippen LogP contribution is -2.03. The normalized spacial score (nSPS) is 20.1. The van der Waals surface area contributed by atoms with Gasteiger partial charge in [0.15, 0.2) is 0 Å². The van der Waals surface area contributed by atoms with Crippen molar-refractivity contribution in [1.29, 1.82) is 0 Å². The third kappa shape index (κ3) is 2.84. The zero-order valence-electron chi connectivity index (χ0n) is 8.88. The fourth-order valence-electron chi connectivity index (χ4n) is 1.58. The second kappa shape index (κ2) is 4.81. The number of hydrogen-bond donors (Lipinski definition) is 2. The van der Waals surface area contributed by atoms with Crippen molar-refractivity contribution in [2.24, 2.45) is 0 Å². The molecule has 2 rings (SSSR count). The Labute approximate surface area is 94.9 Å². The van der Waals surface area contributed by atoms with Gasteiger partial charge in [-0.15, -0.1) is 0 Å². The summed E-state index contributed by atoms with van der Waals surface area (Å²) in [6.45, 7) is 0. The molecule has 0 spiro atoms. The molecule has 0 fully saturated rings. The van der Waals surface area contributed by atoms with Gasteiger partial charge in [0.05, 0.1) is 6.10 Å². The van der Waals surface area contributed by atoms with Crippen LogP contribution >= 0.6 is 0 Å². The van der Waals surface area contributed by atoms with Crippen molar-refractivity contribution in [2.75, 3.05) is 0 Å². The first kappa shape index (κ1) is 10.7. The molecule has 82 valence electrons. The SMILES string of the molecule is Oc1ccc(/C=C/C2=CC(O)CC=C2)cc1. The van der Waals surface area contributed by atoms with E-state index < -0.39 is 0 Å². The lowest BCUT2D eigenvalue weighted by atomic mass is 10.0. The molecule has 1 aliphatic carbocycles. The van der Waals surface area contributed by atoms with Crippen LogP contribution in [0.3, 0.4) is 0 Å². The highest BCUT2D eigenvalue weighted by Crippen LogP contribution is 2.15. The Hall–Kier alpha value is -1.80. The van der Waals surface area contributed by atoms with Crippen molar-refractivity contribution in [2.45, 2.75) is 12.5 Å². The smallest absolute Gasteiger partial charge is 0.115 e. The van der Waals surface area contributed by atoms with Gasteiger partial charge >= 0.3 is 0 Å². The zero-order valence-corrected chi connectivity index (χ0v) is 8.88. The van der Waals surface area contributed by atoms with Crippen molar-refractivity contribution in [3.05, 3.63) is 59.7 Å². The van der Waals surface area contributed by atoms with E-state index in [2.05, 4.69) is 0 Å². The van der Waals surface area contributed by atoms with Crippen LogP contribution in [-0.4, -0.2) is 16.3 Å². The molecule has 1 atom stereocenters. The van der Waals surface area contributed by atoms with Gasteiger partial charge in [0.25, 0.3) is 0 Å². The summed E-state index contributed by atoms with van der Waals surface area (Å²) in [4.78, 5) is 0. The second-order valence-electron chi connectivity index (χ2n) is 3.80. The summed E-state index contributed by atoms with van der Waals surface area (Å²) in [5.41, 5.74) is 2.03. The lowest BCUT2D eigenvalue weighted by Gasteiger charge is -2.08. The quantitative estimate of drug-likeness (QED) is 0.794. The molecule has 0 saturated heterocycles. The molecule has 1 aromatic carbocycles. The first-order valence-electron chi connectivity index (χ1n) is 5.27. The van der Waals surface area contributed by atoms with E-state index in [0.717, 1.165) is 11.1 Å². The van der Waals surface area contributed by atoms with E-state index in [1.807, 2.05) is 42.5 Å². The van der Waals surface area contributed by atoms with Crippen LogP contribution in [0.2, 0.25) is 0 Å². The molecule has 1 aromatic rings. The van der Waals surface area contributed by atoms with Gasteiger partial charge in [-0.2, -0.15) is 0 Å². The maximum atomic E-state index is 9.42. The van der Waals surface area contributed by atoms with E-state index in [1.165, 1.54) is 0 Å².